The van der Waals surface area contributed by atoms with Crippen molar-refractivity contribution in [1.29, 1.82) is 0 Å². The Labute approximate surface area is 222 Å². The molecular weight excluding hydrogens is 478 g/mol. The molecule has 8 heteroatoms. The fourth-order valence-electron chi connectivity index (χ4n) is 5.02. The first kappa shape index (κ1) is 26.8. The van der Waals surface area contributed by atoms with Crippen molar-refractivity contribution in [2.24, 2.45) is 4.99 Å². The van der Waals surface area contributed by atoms with Crippen LogP contribution in [0, 0.1) is 6.92 Å². The number of allylic oxidation sites excluding steroid dienone is 1. The summed E-state index contributed by atoms with van der Waals surface area (Å²) in [5, 5.41) is 19.4. The van der Waals surface area contributed by atoms with Crippen molar-refractivity contribution >= 4 is 30.0 Å². The molecule has 4 N–H and O–H groups in total. The molecule has 0 saturated carbocycles. The average Bonchev–Trinajstić information content (AvgIpc) is 2.90. The number of anilines is 1. The summed E-state index contributed by atoms with van der Waals surface area (Å²) >= 11 is 0. The van der Waals surface area contributed by atoms with Gasteiger partial charge in [0.2, 0.25) is 0 Å². The number of hydrogen-bond acceptors (Lipinski definition) is 4. The van der Waals surface area contributed by atoms with E-state index in [4.69, 9.17) is 4.98 Å². The number of nitrogens with one attached hydrogen (secondary N) is 3. The summed E-state index contributed by atoms with van der Waals surface area (Å²) < 4.78 is 0. The number of aliphatic hydroxyl groups excluding tert-OH is 1. The van der Waals surface area contributed by atoms with Gasteiger partial charge in [-0.1, -0.05) is 68.4 Å². The number of aromatic nitrogens is 1. The number of aliphatic imine (C=N–C) groups is 1. The molecule has 1 aliphatic carbocycles. The van der Waals surface area contributed by atoms with Gasteiger partial charge in [-0.25, -0.2) is 19.6 Å². The van der Waals surface area contributed by atoms with Gasteiger partial charge < -0.3 is 21.1 Å². The molecule has 1 aliphatic rings. The largest absolute Gasteiger partial charge is 0.391 e. The van der Waals surface area contributed by atoms with E-state index in [1.807, 2.05) is 68.4 Å². The third-order valence-corrected chi connectivity index (χ3v) is 6.85. The summed E-state index contributed by atoms with van der Waals surface area (Å²) in [7, 11) is 0. The second kappa shape index (κ2) is 11.0. The summed E-state index contributed by atoms with van der Waals surface area (Å²) in [6.45, 7) is 11.1. The Kier molecular flexibility index (Phi) is 7.73. The summed E-state index contributed by atoms with van der Waals surface area (Å²) in [6, 6.07) is 17.7. The first-order valence-electron chi connectivity index (χ1n) is 12.5. The number of aryl methyl sites for hydroxylation is 1. The van der Waals surface area contributed by atoms with Crippen LogP contribution in [0.25, 0.3) is 16.8 Å². The summed E-state index contributed by atoms with van der Waals surface area (Å²) in [5.74, 6) is 0. The van der Waals surface area contributed by atoms with Crippen LogP contribution in [0.3, 0.4) is 0 Å². The van der Waals surface area contributed by atoms with Crippen molar-refractivity contribution in [3.05, 3.63) is 89.2 Å². The lowest BCUT2D eigenvalue weighted by Gasteiger charge is -2.40. The topological polar surface area (TPSA) is 116 Å². The molecule has 0 aliphatic heterocycles. The van der Waals surface area contributed by atoms with Crippen LogP contribution in [-0.4, -0.2) is 35.0 Å². The fraction of sp³-hybridized carbons (Fsp3) is 0.267. The number of nitrogens with zero attached hydrogens (tertiary/aromatic N) is 2. The van der Waals surface area contributed by atoms with Crippen molar-refractivity contribution < 1.29 is 14.7 Å². The molecule has 0 saturated heterocycles. The first-order valence-corrected chi connectivity index (χ1v) is 12.5. The molecule has 4 amide bonds. The number of urea groups is 2. The zero-order chi connectivity index (χ0) is 27.4. The highest BCUT2D eigenvalue weighted by molar-refractivity contribution is 5.94. The third-order valence-electron chi connectivity index (χ3n) is 6.85. The van der Waals surface area contributed by atoms with Crippen LogP contribution < -0.4 is 16.0 Å². The van der Waals surface area contributed by atoms with E-state index >= 15 is 0 Å². The number of aliphatic hydroxyl groups is 1. The highest BCUT2D eigenvalue weighted by Gasteiger charge is 2.39. The quantitative estimate of drug-likeness (QED) is 0.327. The lowest BCUT2D eigenvalue weighted by atomic mass is 9.70. The van der Waals surface area contributed by atoms with Crippen molar-refractivity contribution in [3.63, 3.8) is 0 Å². The van der Waals surface area contributed by atoms with E-state index in [0.717, 1.165) is 27.8 Å². The molecule has 0 bridgehead atoms. The maximum atomic E-state index is 13.3. The molecule has 8 nitrogen and oxygen atoms in total. The summed E-state index contributed by atoms with van der Waals surface area (Å²) in [4.78, 5) is 33.0. The Morgan fingerprint density at radius 2 is 1.82 bits per heavy atom. The molecule has 196 valence electrons. The normalized spacial score (nSPS) is 18.2. The maximum absolute atomic E-state index is 13.3. The van der Waals surface area contributed by atoms with Crippen LogP contribution in [0.15, 0.2) is 71.9 Å². The average molecular weight is 512 g/mol. The Bertz CT molecular complexity index is 1400. The van der Waals surface area contributed by atoms with E-state index in [9.17, 15) is 14.7 Å². The predicted octanol–water partition coefficient (Wildman–Crippen LogP) is 5.73. The second-order valence-electron chi connectivity index (χ2n) is 10.2. The van der Waals surface area contributed by atoms with Crippen LogP contribution in [-0.2, 0) is 5.41 Å². The number of carbonyl (C=O) groups is 2. The van der Waals surface area contributed by atoms with Gasteiger partial charge in [-0.05, 0) is 60.7 Å². The summed E-state index contributed by atoms with van der Waals surface area (Å²) in [5.41, 5.74) is 5.94. The Morgan fingerprint density at radius 1 is 1.13 bits per heavy atom. The minimum atomic E-state index is -0.727. The highest BCUT2D eigenvalue weighted by atomic mass is 16.3. The number of amides is 4. The molecule has 38 heavy (non-hydrogen) atoms. The van der Waals surface area contributed by atoms with Crippen molar-refractivity contribution in [2.45, 2.75) is 51.7 Å². The van der Waals surface area contributed by atoms with Gasteiger partial charge >= 0.3 is 12.1 Å². The number of fused-ring (bicyclic) bond motifs is 1. The van der Waals surface area contributed by atoms with Crippen molar-refractivity contribution in [1.82, 2.24) is 15.6 Å². The van der Waals surface area contributed by atoms with E-state index in [1.54, 1.807) is 0 Å². The smallest absolute Gasteiger partial charge is 0.344 e. The van der Waals surface area contributed by atoms with Gasteiger partial charge in [-0.15, -0.1) is 0 Å². The van der Waals surface area contributed by atoms with Crippen LogP contribution in [0.2, 0.25) is 0 Å². The van der Waals surface area contributed by atoms with Crippen LogP contribution in [0.5, 0.6) is 0 Å². The number of rotatable bonds is 5. The van der Waals surface area contributed by atoms with Gasteiger partial charge in [0, 0.05) is 11.8 Å². The fourth-order valence-corrected chi connectivity index (χ4v) is 5.02. The number of pyridine rings is 1. The highest BCUT2D eigenvalue weighted by Crippen LogP contribution is 2.41. The molecule has 0 radical (unpaired) electrons. The number of hydrogen-bond donors (Lipinski definition) is 4. The number of benzene rings is 2. The maximum Gasteiger partial charge on any atom is 0.344 e. The molecule has 1 heterocycles. The minimum absolute atomic E-state index is 0.200. The molecule has 2 aromatic carbocycles. The predicted molar refractivity (Wildman–Crippen MR) is 151 cm³/mol. The molecule has 0 spiro atoms. The van der Waals surface area contributed by atoms with E-state index in [-0.39, 0.29) is 5.41 Å². The van der Waals surface area contributed by atoms with Gasteiger partial charge in [0.25, 0.3) is 0 Å². The minimum Gasteiger partial charge on any atom is -0.391 e. The van der Waals surface area contributed by atoms with Crippen LogP contribution >= 0.6 is 0 Å². The molecular formula is C30H33N5O3. The molecule has 3 aromatic rings. The van der Waals surface area contributed by atoms with Gasteiger partial charge in [-0.3, -0.25) is 0 Å². The van der Waals surface area contributed by atoms with Gasteiger partial charge in [0.15, 0.2) is 0 Å². The molecule has 4 rings (SSSR count). The SMILES string of the molecule is C=NC(=O)N/C=C(\C)c1nc(-c2ccccc2)c(NC(=O)N[C@@H]2c3ccccc3C(C)(C)C[C@H]2O)cc1C. The Morgan fingerprint density at radius 3 is 2.53 bits per heavy atom. The van der Waals surface area contributed by atoms with E-state index in [2.05, 4.69) is 47.6 Å². The number of carbonyl (C=O) groups excluding carboxylic acids is 2. The van der Waals surface area contributed by atoms with Crippen LogP contribution in [0.4, 0.5) is 15.3 Å². The zero-order valence-electron chi connectivity index (χ0n) is 22.1. The third kappa shape index (κ3) is 5.65. The molecule has 2 atom stereocenters. The van der Waals surface area contributed by atoms with Crippen molar-refractivity contribution in [3.8, 4) is 11.3 Å². The monoisotopic (exact) mass is 511 g/mol. The zero-order valence-corrected chi connectivity index (χ0v) is 22.1. The van der Waals surface area contributed by atoms with Gasteiger partial charge in [-0.2, -0.15) is 0 Å². The lowest BCUT2D eigenvalue weighted by Crippen LogP contribution is -2.45. The second-order valence-corrected chi connectivity index (χ2v) is 10.2. The first-order chi connectivity index (χ1) is 18.1. The summed E-state index contributed by atoms with van der Waals surface area (Å²) in [6.07, 6.45) is 1.34. The lowest BCUT2D eigenvalue weighted by molar-refractivity contribution is 0.0883. The van der Waals surface area contributed by atoms with E-state index in [1.165, 1.54) is 6.20 Å². The Hall–Kier alpha value is -4.30. The van der Waals surface area contributed by atoms with Crippen molar-refractivity contribution in [2.75, 3.05) is 5.32 Å². The van der Waals surface area contributed by atoms with E-state index in [0.29, 0.717) is 23.5 Å². The van der Waals surface area contributed by atoms with Crippen LogP contribution in [0.1, 0.15) is 55.6 Å². The Balaban J connectivity index is 1.66. The van der Waals surface area contributed by atoms with E-state index < -0.39 is 24.2 Å². The molecule has 0 unspecified atom stereocenters. The standard InChI is InChI=1S/C30H33N5O3/c1-18-15-23(26(20-11-7-6-8-12-20)34-25(18)19(2)17-32-28(37)31-5)33-29(38)35-27-21-13-9-10-14-22(21)30(3,4)16-24(27)36/h6-15,17,24,27,36H,5,16H2,1-4H3,(H,32,37)(H2,33,35,38)/b19-17+/t24-,27-/m1/s1. The van der Waals surface area contributed by atoms with Gasteiger partial charge in [0.1, 0.15) is 0 Å². The molecule has 0 fully saturated rings. The van der Waals surface area contributed by atoms with Gasteiger partial charge in [0.05, 0.1) is 29.2 Å². The molecule has 1 aromatic heterocycles.